The van der Waals surface area contributed by atoms with Crippen molar-refractivity contribution in [3.63, 3.8) is 0 Å². The van der Waals surface area contributed by atoms with Crippen LogP contribution in [0.1, 0.15) is 23.3 Å². The number of fused-ring (bicyclic) bond motifs is 1. The van der Waals surface area contributed by atoms with Crippen LogP contribution in [0.4, 0.5) is 0 Å². The molecule has 1 unspecified atom stereocenters. The Morgan fingerprint density at radius 1 is 1.04 bits per heavy atom. The number of thioether (sulfide) groups is 1. The summed E-state index contributed by atoms with van der Waals surface area (Å²) in [5.41, 5.74) is 2.69. The van der Waals surface area contributed by atoms with Crippen LogP contribution in [0.2, 0.25) is 0 Å². The van der Waals surface area contributed by atoms with Crippen molar-refractivity contribution in [1.82, 2.24) is 19.5 Å². The van der Waals surface area contributed by atoms with Crippen molar-refractivity contribution in [1.29, 1.82) is 0 Å². The molecular weight excluding hydrogens is 356 g/mol. The summed E-state index contributed by atoms with van der Waals surface area (Å²) >= 11 is 1.52. The Morgan fingerprint density at radius 2 is 1.89 bits per heavy atom. The number of aromatic nitrogens is 4. The van der Waals surface area contributed by atoms with E-state index in [0.717, 1.165) is 11.1 Å². The van der Waals surface area contributed by atoms with Gasteiger partial charge in [0.2, 0.25) is 0 Å². The Labute approximate surface area is 161 Å². The van der Waals surface area contributed by atoms with Crippen LogP contribution >= 0.6 is 11.8 Å². The predicted molar refractivity (Wildman–Crippen MR) is 108 cm³/mol. The molecule has 0 amide bonds. The molecule has 3 heterocycles. The quantitative estimate of drug-likeness (QED) is 0.393. The second kappa shape index (κ2) is 7.32. The fourth-order valence-electron chi connectivity index (χ4n) is 2.83. The van der Waals surface area contributed by atoms with Gasteiger partial charge in [-0.1, -0.05) is 36.0 Å². The monoisotopic (exact) mass is 374 g/mol. The first-order chi connectivity index (χ1) is 13.1. The third kappa shape index (κ3) is 3.48. The van der Waals surface area contributed by atoms with Gasteiger partial charge in [0.15, 0.2) is 5.16 Å². The fourth-order valence-corrected chi connectivity index (χ4v) is 3.85. The van der Waals surface area contributed by atoms with Crippen LogP contribution in [-0.4, -0.2) is 19.5 Å². The Hall–Kier alpha value is -2.99. The number of hydrogen-bond donors (Lipinski definition) is 0. The second-order valence-corrected chi connectivity index (χ2v) is 7.60. The average Bonchev–Trinajstić information content (AvgIpc) is 2.70. The van der Waals surface area contributed by atoms with Gasteiger partial charge in [-0.25, -0.2) is 14.5 Å². The molecule has 4 aromatic rings. The molecule has 0 fully saturated rings. The molecule has 4 rings (SSSR count). The maximum atomic E-state index is 13.2. The number of nitrogens with zero attached hydrogens (tertiary/aromatic N) is 4. The summed E-state index contributed by atoms with van der Waals surface area (Å²) in [6, 6.07) is 15.1. The summed E-state index contributed by atoms with van der Waals surface area (Å²) in [4.78, 5) is 26.6. The van der Waals surface area contributed by atoms with Gasteiger partial charge in [0.05, 0.1) is 10.9 Å². The van der Waals surface area contributed by atoms with Gasteiger partial charge < -0.3 is 0 Å². The van der Waals surface area contributed by atoms with E-state index < -0.39 is 0 Å². The molecular formula is C21H18N4OS. The molecule has 27 heavy (non-hydrogen) atoms. The first kappa shape index (κ1) is 17.4. The maximum Gasteiger partial charge on any atom is 0.267 e. The largest absolute Gasteiger partial charge is 0.268 e. The van der Waals surface area contributed by atoms with Gasteiger partial charge in [-0.3, -0.25) is 9.78 Å². The number of aryl methyl sites for hydroxylation is 1. The zero-order valence-corrected chi connectivity index (χ0v) is 15.9. The molecule has 1 atom stereocenters. The Morgan fingerprint density at radius 3 is 2.63 bits per heavy atom. The molecule has 0 saturated carbocycles. The predicted octanol–water partition coefficient (Wildman–Crippen LogP) is 4.34. The third-order valence-electron chi connectivity index (χ3n) is 4.31. The minimum atomic E-state index is -0.113. The Balaban J connectivity index is 1.88. The van der Waals surface area contributed by atoms with E-state index >= 15 is 0 Å². The van der Waals surface area contributed by atoms with Crippen LogP contribution in [0.5, 0.6) is 0 Å². The topological polar surface area (TPSA) is 60.7 Å². The highest BCUT2D eigenvalue weighted by Gasteiger charge is 2.17. The lowest BCUT2D eigenvalue weighted by molar-refractivity contribution is 0.791. The summed E-state index contributed by atoms with van der Waals surface area (Å²) < 4.78 is 1.60. The number of para-hydroxylation sites is 1. The zero-order valence-electron chi connectivity index (χ0n) is 15.0. The van der Waals surface area contributed by atoms with Crippen molar-refractivity contribution >= 4 is 22.7 Å². The van der Waals surface area contributed by atoms with Gasteiger partial charge in [-0.15, -0.1) is 0 Å². The number of benzene rings is 1. The first-order valence-corrected chi connectivity index (χ1v) is 9.53. The van der Waals surface area contributed by atoms with Crippen molar-refractivity contribution in [2.45, 2.75) is 24.3 Å². The minimum Gasteiger partial charge on any atom is -0.268 e. The molecule has 0 aliphatic rings. The van der Waals surface area contributed by atoms with Crippen LogP contribution < -0.4 is 5.56 Å². The van der Waals surface area contributed by atoms with Crippen molar-refractivity contribution in [3.05, 3.63) is 88.6 Å². The van der Waals surface area contributed by atoms with Gasteiger partial charge >= 0.3 is 0 Å². The highest BCUT2D eigenvalue weighted by atomic mass is 32.2. The van der Waals surface area contributed by atoms with E-state index in [4.69, 9.17) is 4.98 Å². The minimum absolute atomic E-state index is 0.0865. The summed E-state index contributed by atoms with van der Waals surface area (Å²) in [5, 5.41) is 1.29. The lowest BCUT2D eigenvalue weighted by Gasteiger charge is -2.16. The molecule has 3 aromatic heterocycles. The molecule has 0 spiro atoms. The molecule has 0 radical (unpaired) electrons. The smallest absolute Gasteiger partial charge is 0.267 e. The zero-order chi connectivity index (χ0) is 18.8. The van der Waals surface area contributed by atoms with Crippen LogP contribution in [-0.2, 0) is 0 Å². The highest BCUT2D eigenvalue weighted by molar-refractivity contribution is 7.99. The van der Waals surface area contributed by atoms with Crippen molar-refractivity contribution < 1.29 is 0 Å². The number of pyridine rings is 2. The molecule has 1 aromatic carbocycles. The van der Waals surface area contributed by atoms with Crippen molar-refractivity contribution in [2.24, 2.45) is 0 Å². The highest BCUT2D eigenvalue weighted by Crippen LogP contribution is 2.34. The van der Waals surface area contributed by atoms with E-state index in [-0.39, 0.29) is 10.8 Å². The van der Waals surface area contributed by atoms with Crippen LogP contribution in [0.25, 0.3) is 16.7 Å². The van der Waals surface area contributed by atoms with E-state index in [0.29, 0.717) is 21.9 Å². The van der Waals surface area contributed by atoms with E-state index in [1.54, 1.807) is 23.0 Å². The molecule has 0 N–H and O–H groups in total. The van der Waals surface area contributed by atoms with E-state index in [2.05, 4.69) is 16.9 Å². The van der Waals surface area contributed by atoms with E-state index in [9.17, 15) is 4.79 Å². The lowest BCUT2D eigenvalue weighted by atomic mass is 10.2. The summed E-state index contributed by atoms with van der Waals surface area (Å²) in [5.74, 6) is 0.574. The van der Waals surface area contributed by atoms with Gasteiger partial charge in [0.1, 0.15) is 5.82 Å². The van der Waals surface area contributed by atoms with Crippen LogP contribution in [0.3, 0.4) is 0 Å². The van der Waals surface area contributed by atoms with Crippen LogP contribution in [0.15, 0.2) is 77.1 Å². The first-order valence-electron chi connectivity index (χ1n) is 8.65. The molecule has 134 valence electrons. The molecule has 0 saturated heterocycles. The molecule has 0 aliphatic carbocycles. The van der Waals surface area contributed by atoms with Crippen LogP contribution in [0, 0.1) is 6.92 Å². The summed E-state index contributed by atoms with van der Waals surface area (Å²) in [7, 11) is 0. The Kier molecular flexibility index (Phi) is 4.73. The average molecular weight is 374 g/mol. The second-order valence-electron chi connectivity index (χ2n) is 6.29. The van der Waals surface area contributed by atoms with E-state index in [1.807, 2.05) is 55.6 Å². The third-order valence-corrected chi connectivity index (χ3v) is 5.42. The van der Waals surface area contributed by atoms with Gasteiger partial charge in [0.25, 0.3) is 5.56 Å². The van der Waals surface area contributed by atoms with Gasteiger partial charge in [0, 0.05) is 23.8 Å². The van der Waals surface area contributed by atoms with Gasteiger partial charge in [-0.05, 0) is 49.2 Å². The normalized spacial score (nSPS) is 12.2. The lowest BCUT2D eigenvalue weighted by Crippen LogP contribution is -2.22. The molecule has 6 heteroatoms. The molecule has 5 nitrogen and oxygen atoms in total. The van der Waals surface area contributed by atoms with Crippen molar-refractivity contribution in [2.75, 3.05) is 0 Å². The SMILES string of the molecule is Cc1ccc(-n2c(SC(C)c3cccnc3)nc3ccccc3c2=O)nc1. The summed E-state index contributed by atoms with van der Waals surface area (Å²) in [6.45, 7) is 4.05. The number of hydrogen-bond acceptors (Lipinski definition) is 5. The fraction of sp³-hybridized carbons (Fsp3) is 0.143. The van der Waals surface area contributed by atoms with Crippen molar-refractivity contribution in [3.8, 4) is 5.82 Å². The summed E-state index contributed by atoms with van der Waals surface area (Å²) in [6.07, 6.45) is 5.35. The maximum absolute atomic E-state index is 13.2. The van der Waals surface area contributed by atoms with Gasteiger partial charge in [-0.2, -0.15) is 0 Å². The number of rotatable bonds is 4. The Bertz CT molecular complexity index is 1140. The molecule has 0 aliphatic heterocycles. The molecule has 0 bridgehead atoms. The standard InChI is InChI=1S/C21H18N4OS/c1-14-9-10-19(23-12-14)25-20(26)17-7-3-4-8-18(17)24-21(25)27-15(2)16-6-5-11-22-13-16/h3-13,15H,1-2H3. The van der Waals surface area contributed by atoms with E-state index in [1.165, 1.54) is 11.8 Å².